The van der Waals surface area contributed by atoms with E-state index < -0.39 is 17.9 Å². The van der Waals surface area contributed by atoms with Crippen molar-refractivity contribution >= 4 is 17.9 Å². The summed E-state index contributed by atoms with van der Waals surface area (Å²) < 4.78 is 0. The molecule has 0 aliphatic heterocycles. The molecule has 0 atom stereocenters. The number of allylic oxidation sites excluding steroid dienone is 4. The Morgan fingerprint density at radius 1 is 0.333 bits per heavy atom. The summed E-state index contributed by atoms with van der Waals surface area (Å²) in [5.74, 6) is -0.247. The minimum Gasteiger partial charge on any atom is -0.481 e. The number of carboxylic acid groups (broad SMARTS) is 3. The Hall–Kier alpha value is -2.11. The van der Waals surface area contributed by atoms with Crippen molar-refractivity contribution < 1.29 is 29.7 Å². The maximum Gasteiger partial charge on any atom is 0.303 e. The number of aliphatic carboxylic acids is 3. The summed E-state index contributed by atoms with van der Waals surface area (Å²) in [5, 5.41) is 25.5. The Labute approximate surface area is 374 Å². The Morgan fingerprint density at radius 3 is 0.817 bits per heavy atom. The van der Waals surface area contributed by atoms with Gasteiger partial charge in [-0.3, -0.25) is 14.4 Å². The van der Waals surface area contributed by atoms with Crippen molar-refractivity contribution in [1.29, 1.82) is 0 Å². The third-order valence-electron chi connectivity index (χ3n) is 11.2. The largest absolute Gasteiger partial charge is 0.481 e. The van der Waals surface area contributed by atoms with Gasteiger partial charge in [-0.2, -0.15) is 0 Å². The van der Waals surface area contributed by atoms with E-state index >= 15 is 0 Å². The summed E-state index contributed by atoms with van der Waals surface area (Å²) in [4.78, 5) is 31.0. The molecule has 6 nitrogen and oxygen atoms in total. The van der Waals surface area contributed by atoms with Crippen LogP contribution in [-0.2, 0) is 14.4 Å². The van der Waals surface area contributed by atoms with Gasteiger partial charge in [-0.15, -0.1) is 0 Å². The van der Waals surface area contributed by atoms with E-state index in [-0.39, 0.29) is 0 Å². The van der Waals surface area contributed by atoms with Crippen LogP contribution in [0.2, 0.25) is 0 Å². The zero-order chi connectivity index (χ0) is 45.0. The minimum absolute atomic E-state index is 0.324. The van der Waals surface area contributed by atoms with Crippen molar-refractivity contribution in [2.24, 2.45) is 11.8 Å². The molecule has 3 N–H and O–H groups in total. The van der Waals surface area contributed by atoms with E-state index in [1.54, 1.807) is 0 Å². The SMILES string of the molecule is CC(C)CCCCCCCCCCCCCCC(=O)O.CC(C)CCCCCCCCCCCCCCC(=O)O.CCCCC/C=C\C/C=C\CCCCCCCC(=O)O. The van der Waals surface area contributed by atoms with Crippen LogP contribution >= 0.6 is 0 Å². The van der Waals surface area contributed by atoms with E-state index in [9.17, 15) is 14.4 Å². The molecule has 0 rings (SSSR count). The van der Waals surface area contributed by atoms with Crippen molar-refractivity contribution in [3.8, 4) is 0 Å². The molecule has 0 aliphatic rings. The van der Waals surface area contributed by atoms with Crippen molar-refractivity contribution in [3.05, 3.63) is 24.3 Å². The first-order valence-electron chi connectivity index (χ1n) is 26.0. The zero-order valence-electron chi connectivity index (χ0n) is 40.8. The lowest BCUT2D eigenvalue weighted by molar-refractivity contribution is -0.138. The molecular formula is C54H104O6. The average Bonchev–Trinajstić information content (AvgIpc) is 3.19. The summed E-state index contributed by atoms with van der Waals surface area (Å²) in [6, 6.07) is 0. The third kappa shape index (κ3) is 70.4. The van der Waals surface area contributed by atoms with Crippen LogP contribution in [0.3, 0.4) is 0 Å². The van der Waals surface area contributed by atoms with Gasteiger partial charge in [0.1, 0.15) is 0 Å². The van der Waals surface area contributed by atoms with Crippen LogP contribution in [-0.4, -0.2) is 33.2 Å². The lowest BCUT2D eigenvalue weighted by atomic mass is 10.0. The van der Waals surface area contributed by atoms with Crippen LogP contribution < -0.4 is 0 Å². The molecule has 0 heterocycles. The van der Waals surface area contributed by atoms with Gasteiger partial charge in [0.05, 0.1) is 0 Å². The second-order valence-electron chi connectivity index (χ2n) is 18.5. The van der Waals surface area contributed by atoms with Crippen LogP contribution in [0, 0.1) is 11.8 Å². The molecule has 0 unspecified atom stereocenters. The zero-order valence-corrected chi connectivity index (χ0v) is 40.8. The van der Waals surface area contributed by atoms with Crippen LogP contribution in [0.25, 0.3) is 0 Å². The molecule has 356 valence electrons. The Bertz CT molecular complexity index is 877. The van der Waals surface area contributed by atoms with E-state index in [0.717, 1.165) is 63.2 Å². The fourth-order valence-electron chi connectivity index (χ4n) is 7.28. The van der Waals surface area contributed by atoms with Gasteiger partial charge in [0.2, 0.25) is 0 Å². The second kappa shape index (κ2) is 54.9. The Balaban J connectivity index is -0.000000812. The fourth-order valence-corrected chi connectivity index (χ4v) is 7.28. The number of rotatable bonds is 44. The quantitative estimate of drug-likeness (QED) is 0.0416. The molecule has 0 aromatic rings. The number of carbonyl (C=O) groups is 3. The molecule has 0 amide bonds. The van der Waals surface area contributed by atoms with E-state index in [4.69, 9.17) is 15.3 Å². The highest BCUT2D eigenvalue weighted by molar-refractivity contribution is 5.67. The maximum atomic E-state index is 10.3. The molecule has 0 spiro atoms. The van der Waals surface area contributed by atoms with Crippen LogP contribution in [0.4, 0.5) is 0 Å². The first-order chi connectivity index (χ1) is 29.0. The first-order valence-corrected chi connectivity index (χ1v) is 26.0. The maximum absolute atomic E-state index is 10.3. The van der Waals surface area contributed by atoms with E-state index in [0.29, 0.717) is 19.3 Å². The van der Waals surface area contributed by atoms with Gasteiger partial charge in [-0.1, -0.05) is 245 Å². The standard InChI is InChI=1S/2C18H36O2.C18H32O2/c2*1-17(2)15-13-11-9-7-5-3-4-6-8-10-12-14-16-18(19)20;1-2-3-4-5-6-7-8-9-10-11-12-13-14-15-16-17-18(19)20/h2*17H,3-16H2,1-2H3,(H,19,20);6-7,9-10H,2-5,8,11-17H2,1H3,(H,19,20)/b;;7-6-,10-9-. The Morgan fingerprint density at radius 2 is 0.567 bits per heavy atom. The van der Waals surface area contributed by atoms with Gasteiger partial charge in [-0.05, 0) is 63.2 Å². The number of hydrogen-bond donors (Lipinski definition) is 3. The van der Waals surface area contributed by atoms with Crippen molar-refractivity contribution in [1.82, 2.24) is 0 Å². The highest BCUT2D eigenvalue weighted by Gasteiger charge is 2.00. The van der Waals surface area contributed by atoms with Gasteiger partial charge < -0.3 is 15.3 Å². The predicted molar refractivity (Wildman–Crippen MR) is 261 cm³/mol. The van der Waals surface area contributed by atoms with Crippen LogP contribution in [0.15, 0.2) is 24.3 Å². The van der Waals surface area contributed by atoms with E-state index in [1.165, 1.54) is 186 Å². The van der Waals surface area contributed by atoms with Gasteiger partial charge >= 0.3 is 17.9 Å². The second-order valence-corrected chi connectivity index (χ2v) is 18.5. The summed E-state index contributed by atoms with van der Waals surface area (Å²) >= 11 is 0. The molecular weight excluding hydrogens is 745 g/mol. The number of hydrogen-bond acceptors (Lipinski definition) is 3. The molecule has 0 saturated heterocycles. The summed E-state index contributed by atoms with van der Waals surface area (Å²) in [5.41, 5.74) is 0. The Kier molecular flexibility index (Phi) is 56.9. The smallest absolute Gasteiger partial charge is 0.303 e. The number of carboxylic acids is 3. The molecule has 0 saturated carbocycles. The fraction of sp³-hybridized carbons (Fsp3) is 0.870. The van der Waals surface area contributed by atoms with Gasteiger partial charge in [0, 0.05) is 19.3 Å². The molecule has 6 heteroatoms. The van der Waals surface area contributed by atoms with Gasteiger partial charge in [0.25, 0.3) is 0 Å². The van der Waals surface area contributed by atoms with Crippen molar-refractivity contribution in [2.75, 3.05) is 0 Å². The minimum atomic E-state index is -0.671. The topological polar surface area (TPSA) is 112 Å². The third-order valence-corrected chi connectivity index (χ3v) is 11.2. The lowest BCUT2D eigenvalue weighted by Crippen LogP contribution is -1.93. The lowest BCUT2D eigenvalue weighted by Gasteiger charge is -2.04. The molecule has 0 bridgehead atoms. The van der Waals surface area contributed by atoms with E-state index in [1.807, 2.05) is 0 Å². The molecule has 0 aliphatic carbocycles. The van der Waals surface area contributed by atoms with Gasteiger partial charge in [0.15, 0.2) is 0 Å². The number of unbranched alkanes of at least 4 members (excludes halogenated alkanes) is 30. The van der Waals surface area contributed by atoms with Crippen molar-refractivity contribution in [2.45, 2.75) is 291 Å². The molecule has 0 fully saturated rings. The predicted octanol–water partition coefficient (Wildman–Crippen LogP) is 18.3. The highest BCUT2D eigenvalue weighted by atomic mass is 16.4. The summed E-state index contributed by atoms with van der Waals surface area (Å²) in [7, 11) is 0. The monoisotopic (exact) mass is 849 g/mol. The first kappa shape index (κ1) is 62.2. The van der Waals surface area contributed by atoms with Gasteiger partial charge in [-0.25, -0.2) is 0 Å². The van der Waals surface area contributed by atoms with Crippen molar-refractivity contribution in [3.63, 3.8) is 0 Å². The molecule has 0 radical (unpaired) electrons. The highest BCUT2D eigenvalue weighted by Crippen LogP contribution is 2.16. The molecule has 0 aromatic carbocycles. The summed E-state index contributed by atoms with van der Waals surface area (Å²) in [6.07, 6.45) is 56.9. The van der Waals surface area contributed by atoms with Crippen LogP contribution in [0.5, 0.6) is 0 Å². The van der Waals surface area contributed by atoms with E-state index in [2.05, 4.69) is 58.9 Å². The molecule has 0 aromatic heterocycles. The normalized spacial score (nSPS) is 11.3. The van der Waals surface area contributed by atoms with Crippen LogP contribution in [0.1, 0.15) is 291 Å². The summed E-state index contributed by atoms with van der Waals surface area (Å²) in [6.45, 7) is 11.5. The average molecular weight is 849 g/mol. The molecule has 60 heavy (non-hydrogen) atoms.